The fraction of sp³-hybridized carbons (Fsp3) is 0.667. The van der Waals surface area contributed by atoms with E-state index in [9.17, 15) is 9.59 Å². The molecule has 172 valence electrons. The van der Waals surface area contributed by atoms with Crippen LogP contribution in [0.1, 0.15) is 57.1 Å². The van der Waals surface area contributed by atoms with E-state index in [4.69, 9.17) is 9.47 Å². The molecule has 1 unspecified atom stereocenters. The Balaban J connectivity index is 1.47. The highest BCUT2D eigenvalue weighted by molar-refractivity contribution is 5.80. The van der Waals surface area contributed by atoms with Crippen LogP contribution < -0.4 is 14.8 Å². The van der Waals surface area contributed by atoms with Crippen LogP contribution in [0.3, 0.4) is 0 Å². The smallest absolute Gasteiger partial charge is 0.234 e. The minimum absolute atomic E-state index is 0.0188. The summed E-state index contributed by atoms with van der Waals surface area (Å²) in [6, 6.07) is 5.39. The van der Waals surface area contributed by atoms with Gasteiger partial charge in [-0.2, -0.15) is 0 Å². The zero-order valence-corrected chi connectivity index (χ0v) is 19.2. The van der Waals surface area contributed by atoms with Crippen LogP contribution in [0.5, 0.6) is 11.5 Å². The van der Waals surface area contributed by atoms with Crippen molar-refractivity contribution in [1.29, 1.82) is 0 Å². The number of benzene rings is 1. The first-order valence-corrected chi connectivity index (χ1v) is 11.5. The van der Waals surface area contributed by atoms with Gasteiger partial charge in [0.25, 0.3) is 0 Å². The third kappa shape index (κ3) is 6.35. The van der Waals surface area contributed by atoms with Crippen molar-refractivity contribution >= 4 is 11.8 Å². The average Bonchev–Trinajstić information content (AvgIpc) is 3.08. The molecule has 1 N–H and O–H groups in total. The first kappa shape index (κ1) is 23.4. The number of piperidine rings is 1. The van der Waals surface area contributed by atoms with Crippen LogP contribution in [0.2, 0.25) is 0 Å². The number of ether oxygens (including phenoxy) is 2. The molecule has 2 amide bonds. The normalized spacial score (nSPS) is 19.4. The Morgan fingerprint density at radius 3 is 2.32 bits per heavy atom. The number of carbonyl (C=O) groups excluding carboxylic acids is 2. The molecule has 0 aromatic heterocycles. The van der Waals surface area contributed by atoms with Gasteiger partial charge < -0.3 is 19.7 Å². The van der Waals surface area contributed by atoms with Crippen molar-refractivity contribution in [1.82, 2.24) is 15.1 Å². The number of carbonyl (C=O) groups is 2. The van der Waals surface area contributed by atoms with Crippen molar-refractivity contribution in [3.63, 3.8) is 0 Å². The van der Waals surface area contributed by atoms with Gasteiger partial charge >= 0.3 is 0 Å². The summed E-state index contributed by atoms with van der Waals surface area (Å²) in [6.45, 7) is 5.69. The van der Waals surface area contributed by atoms with E-state index in [1.54, 1.807) is 14.2 Å². The van der Waals surface area contributed by atoms with E-state index >= 15 is 0 Å². The first-order chi connectivity index (χ1) is 15.0. The summed E-state index contributed by atoms with van der Waals surface area (Å²) in [5, 5.41) is 3.07. The molecule has 3 rings (SSSR count). The molecule has 7 nitrogen and oxygen atoms in total. The van der Waals surface area contributed by atoms with E-state index < -0.39 is 0 Å². The van der Waals surface area contributed by atoms with Gasteiger partial charge in [-0.1, -0.05) is 12.8 Å². The molecule has 0 saturated carbocycles. The molecule has 2 heterocycles. The summed E-state index contributed by atoms with van der Waals surface area (Å²) >= 11 is 0. The highest BCUT2D eigenvalue weighted by Gasteiger charge is 2.29. The van der Waals surface area contributed by atoms with Gasteiger partial charge in [0.05, 0.1) is 26.8 Å². The summed E-state index contributed by atoms with van der Waals surface area (Å²) in [6.07, 6.45) is 6.39. The summed E-state index contributed by atoms with van der Waals surface area (Å²) in [7, 11) is 3.24. The van der Waals surface area contributed by atoms with E-state index in [0.717, 1.165) is 68.9 Å². The molecule has 0 aliphatic carbocycles. The Bertz CT molecular complexity index is 738. The predicted octanol–water partition coefficient (Wildman–Crippen LogP) is 3.00. The van der Waals surface area contributed by atoms with Gasteiger partial charge in [-0.25, -0.2) is 0 Å². The highest BCUT2D eigenvalue weighted by Crippen LogP contribution is 2.29. The van der Waals surface area contributed by atoms with Crippen LogP contribution in [0, 0.1) is 5.92 Å². The zero-order chi connectivity index (χ0) is 22.2. The van der Waals surface area contributed by atoms with E-state index in [0.29, 0.717) is 12.5 Å². The van der Waals surface area contributed by atoms with Crippen molar-refractivity contribution in [2.24, 2.45) is 5.92 Å². The average molecular weight is 432 g/mol. The molecule has 2 fully saturated rings. The second-order valence-corrected chi connectivity index (χ2v) is 8.69. The molecule has 31 heavy (non-hydrogen) atoms. The molecule has 0 bridgehead atoms. The third-order valence-corrected chi connectivity index (χ3v) is 6.50. The Morgan fingerprint density at radius 2 is 1.71 bits per heavy atom. The summed E-state index contributed by atoms with van der Waals surface area (Å²) in [5.74, 6) is 1.87. The van der Waals surface area contributed by atoms with Crippen LogP contribution in [0.4, 0.5) is 0 Å². The van der Waals surface area contributed by atoms with Crippen LogP contribution in [-0.4, -0.2) is 68.6 Å². The maximum atomic E-state index is 12.9. The van der Waals surface area contributed by atoms with Gasteiger partial charge in [0.15, 0.2) is 0 Å². The number of nitrogens with one attached hydrogen (secondary N) is 1. The number of rotatable bonds is 7. The molecule has 0 spiro atoms. The van der Waals surface area contributed by atoms with E-state index in [-0.39, 0.29) is 17.9 Å². The number of likely N-dealkylation sites (tertiary alicyclic amines) is 2. The lowest BCUT2D eigenvalue weighted by molar-refractivity contribution is -0.137. The monoisotopic (exact) mass is 431 g/mol. The van der Waals surface area contributed by atoms with Gasteiger partial charge in [-0.15, -0.1) is 0 Å². The van der Waals surface area contributed by atoms with Crippen molar-refractivity contribution < 1.29 is 19.1 Å². The molecular weight excluding hydrogens is 394 g/mol. The standard InChI is InChI=1S/C24H37N3O4/c1-18(21-16-20(30-2)8-9-22(21)31-3)25-23(28)17-26-14-10-19(11-15-26)24(29)27-12-6-4-5-7-13-27/h8-9,16,18-19H,4-7,10-15,17H2,1-3H3,(H,25,28). The minimum atomic E-state index is -0.195. The Kier molecular flexibility index (Phi) is 8.58. The quantitative estimate of drug-likeness (QED) is 0.719. The van der Waals surface area contributed by atoms with Crippen molar-refractivity contribution in [2.45, 2.75) is 51.5 Å². The summed E-state index contributed by atoms with van der Waals surface area (Å²) in [5.41, 5.74) is 0.886. The van der Waals surface area contributed by atoms with Gasteiger partial charge in [-0.05, 0) is 63.9 Å². The summed E-state index contributed by atoms with van der Waals surface area (Å²) < 4.78 is 10.7. The maximum Gasteiger partial charge on any atom is 0.234 e. The molecule has 0 radical (unpaired) electrons. The van der Waals surface area contributed by atoms with Gasteiger partial charge in [0, 0.05) is 24.6 Å². The SMILES string of the molecule is COc1ccc(OC)c(C(C)NC(=O)CN2CCC(C(=O)N3CCCCCC3)CC2)c1. The topological polar surface area (TPSA) is 71.1 Å². The Labute approximate surface area is 186 Å². The lowest BCUT2D eigenvalue weighted by Crippen LogP contribution is -2.46. The van der Waals surface area contributed by atoms with Gasteiger partial charge in [0.2, 0.25) is 11.8 Å². The van der Waals surface area contributed by atoms with E-state index in [1.165, 1.54) is 12.8 Å². The predicted molar refractivity (Wildman–Crippen MR) is 120 cm³/mol. The maximum absolute atomic E-state index is 12.9. The molecule has 2 aliphatic heterocycles. The molecule has 7 heteroatoms. The van der Waals surface area contributed by atoms with Crippen molar-refractivity contribution in [2.75, 3.05) is 46.9 Å². The first-order valence-electron chi connectivity index (χ1n) is 11.5. The van der Waals surface area contributed by atoms with Gasteiger partial charge in [-0.3, -0.25) is 14.5 Å². The van der Waals surface area contributed by atoms with Crippen LogP contribution in [0.15, 0.2) is 18.2 Å². The Morgan fingerprint density at radius 1 is 1.03 bits per heavy atom. The van der Waals surface area contributed by atoms with Crippen LogP contribution >= 0.6 is 0 Å². The zero-order valence-electron chi connectivity index (χ0n) is 19.2. The number of hydrogen-bond donors (Lipinski definition) is 1. The lowest BCUT2D eigenvalue weighted by atomic mass is 9.95. The molecule has 1 atom stereocenters. The summed E-state index contributed by atoms with van der Waals surface area (Å²) in [4.78, 5) is 29.7. The van der Waals surface area contributed by atoms with Gasteiger partial charge in [0.1, 0.15) is 11.5 Å². The largest absolute Gasteiger partial charge is 0.497 e. The fourth-order valence-electron chi connectivity index (χ4n) is 4.63. The molecular formula is C24H37N3O4. The van der Waals surface area contributed by atoms with Crippen LogP contribution in [-0.2, 0) is 9.59 Å². The molecule has 1 aromatic rings. The third-order valence-electron chi connectivity index (χ3n) is 6.50. The highest BCUT2D eigenvalue weighted by atomic mass is 16.5. The number of hydrogen-bond acceptors (Lipinski definition) is 5. The second-order valence-electron chi connectivity index (χ2n) is 8.69. The van der Waals surface area contributed by atoms with Crippen LogP contribution in [0.25, 0.3) is 0 Å². The molecule has 2 aliphatic rings. The van der Waals surface area contributed by atoms with E-state index in [2.05, 4.69) is 15.1 Å². The van der Waals surface area contributed by atoms with E-state index in [1.807, 2.05) is 25.1 Å². The fourth-order valence-corrected chi connectivity index (χ4v) is 4.63. The number of amides is 2. The molecule has 1 aromatic carbocycles. The molecule has 2 saturated heterocycles. The Hall–Kier alpha value is -2.28. The lowest BCUT2D eigenvalue weighted by Gasteiger charge is -2.33. The minimum Gasteiger partial charge on any atom is -0.497 e. The number of nitrogens with zero attached hydrogens (tertiary/aromatic N) is 2. The second kappa shape index (κ2) is 11.4. The van der Waals surface area contributed by atoms with Crippen molar-refractivity contribution in [3.8, 4) is 11.5 Å². The number of methoxy groups -OCH3 is 2. The van der Waals surface area contributed by atoms with Crippen molar-refractivity contribution in [3.05, 3.63) is 23.8 Å².